The van der Waals surface area contributed by atoms with Crippen molar-refractivity contribution in [1.29, 1.82) is 0 Å². The van der Waals surface area contributed by atoms with Crippen LogP contribution >= 0.6 is 0 Å². The van der Waals surface area contributed by atoms with E-state index in [9.17, 15) is 0 Å². The van der Waals surface area contributed by atoms with Crippen LogP contribution in [-0.2, 0) is 0 Å². The lowest BCUT2D eigenvalue weighted by atomic mass is 10.1. The first kappa shape index (κ1) is 14.3. The van der Waals surface area contributed by atoms with E-state index in [1.165, 1.54) is 32.7 Å². The zero-order valence-electron chi connectivity index (χ0n) is 12.9. The van der Waals surface area contributed by atoms with Gasteiger partial charge in [0, 0.05) is 0 Å². The first-order chi connectivity index (χ1) is 10.7. The predicted octanol–water partition coefficient (Wildman–Crippen LogP) is 5.90. The van der Waals surface area contributed by atoms with Crippen LogP contribution in [-0.4, -0.2) is 0 Å². The number of hydrogen-bond acceptors (Lipinski definition) is 0. The molecule has 4 aromatic rings. The average Bonchev–Trinajstić information content (AvgIpc) is 2.55. The first-order valence-electron chi connectivity index (χ1n) is 7.46. The second-order valence-corrected chi connectivity index (χ2v) is 5.53. The van der Waals surface area contributed by atoms with E-state index in [1.54, 1.807) is 0 Å². The molecule has 0 aliphatic heterocycles. The summed E-state index contributed by atoms with van der Waals surface area (Å²) >= 11 is 0. The molecule has 0 spiro atoms. The largest absolute Gasteiger partial charge is 0.0616 e. The van der Waals surface area contributed by atoms with E-state index < -0.39 is 0 Å². The first-order valence-corrected chi connectivity index (χ1v) is 7.46. The molecule has 0 nitrogen and oxygen atoms in total. The Hall–Kier alpha value is -2.60. The highest BCUT2D eigenvalue weighted by atomic mass is 14.0. The molecule has 0 heteroatoms. The minimum atomic E-state index is 1.19. The van der Waals surface area contributed by atoms with Gasteiger partial charge >= 0.3 is 0 Å². The van der Waals surface area contributed by atoms with Gasteiger partial charge in [0.1, 0.15) is 0 Å². The van der Waals surface area contributed by atoms with Crippen molar-refractivity contribution >= 4 is 21.5 Å². The molecule has 2 radical (unpaired) electrons. The monoisotopic (exact) mass is 282 g/mol. The number of fused-ring (bicyclic) bond motifs is 2. The summed E-state index contributed by atoms with van der Waals surface area (Å²) in [5.74, 6) is 0. The second kappa shape index (κ2) is 6.44. The van der Waals surface area contributed by atoms with Crippen molar-refractivity contribution in [3.05, 3.63) is 96.1 Å². The van der Waals surface area contributed by atoms with Crippen LogP contribution in [0.2, 0.25) is 0 Å². The van der Waals surface area contributed by atoms with Crippen LogP contribution in [0, 0.1) is 26.0 Å². The fraction of sp³-hybridized carbons (Fsp3) is 0.0909. The van der Waals surface area contributed by atoms with E-state index in [0.29, 0.717) is 0 Å². The molecule has 0 N–H and O–H groups in total. The summed E-state index contributed by atoms with van der Waals surface area (Å²) in [6, 6.07) is 31.4. The minimum Gasteiger partial charge on any atom is -0.0616 e. The molecule has 0 saturated carbocycles. The van der Waals surface area contributed by atoms with Crippen LogP contribution in [0.15, 0.2) is 72.8 Å². The number of rotatable bonds is 0. The van der Waals surface area contributed by atoms with Crippen LogP contribution in [0.4, 0.5) is 0 Å². The molecule has 0 aliphatic carbocycles. The summed E-state index contributed by atoms with van der Waals surface area (Å²) in [7, 11) is 0. The quantitative estimate of drug-likeness (QED) is 0.377. The molecular formula is C22H18. The molecule has 4 rings (SSSR count). The Morgan fingerprint density at radius 3 is 1.45 bits per heavy atom. The van der Waals surface area contributed by atoms with Crippen molar-refractivity contribution in [2.75, 3.05) is 0 Å². The Morgan fingerprint density at radius 1 is 0.591 bits per heavy atom. The molecule has 0 aliphatic rings. The lowest BCUT2D eigenvalue weighted by Crippen LogP contribution is -1.73. The molecule has 0 amide bonds. The highest BCUT2D eigenvalue weighted by molar-refractivity contribution is 5.82. The molecule has 0 saturated heterocycles. The Balaban J connectivity index is 0.000000131. The molecule has 0 unspecified atom stereocenters. The Morgan fingerprint density at radius 2 is 1.00 bits per heavy atom. The molecule has 106 valence electrons. The van der Waals surface area contributed by atoms with Gasteiger partial charge in [0.15, 0.2) is 0 Å². The van der Waals surface area contributed by atoms with Gasteiger partial charge in [0.25, 0.3) is 0 Å². The van der Waals surface area contributed by atoms with Crippen LogP contribution in [0.25, 0.3) is 21.5 Å². The van der Waals surface area contributed by atoms with Crippen LogP contribution < -0.4 is 0 Å². The summed E-state index contributed by atoms with van der Waals surface area (Å²) in [5, 5.41) is 4.93. The van der Waals surface area contributed by atoms with Crippen LogP contribution in [0.1, 0.15) is 11.1 Å². The van der Waals surface area contributed by atoms with Crippen molar-refractivity contribution in [2.45, 2.75) is 13.8 Å². The van der Waals surface area contributed by atoms with Gasteiger partial charge in [-0.25, -0.2) is 0 Å². The molecule has 0 bridgehead atoms. The SMILES string of the molecule is Cc1c[c]c2ccccc2c1.Cc1c[c]c2ccccc2c1. The smallest absolute Gasteiger partial charge is 0.00964 e. The topological polar surface area (TPSA) is 0 Å². The van der Waals surface area contributed by atoms with Crippen LogP contribution in [0.3, 0.4) is 0 Å². The summed E-state index contributed by atoms with van der Waals surface area (Å²) in [6.45, 7) is 4.17. The van der Waals surface area contributed by atoms with Gasteiger partial charge in [0.05, 0.1) is 0 Å². The maximum Gasteiger partial charge on any atom is -0.00964 e. The van der Waals surface area contributed by atoms with Gasteiger partial charge in [-0.1, -0.05) is 72.8 Å². The predicted molar refractivity (Wildman–Crippen MR) is 95.0 cm³/mol. The molecule has 4 aromatic carbocycles. The summed E-state index contributed by atoms with van der Waals surface area (Å²) < 4.78 is 0. The molecule has 0 aromatic heterocycles. The Labute approximate surface area is 132 Å². The molecule has 22 heavy (non-hydrogen) atoms. The number of benzene rings is 4. The fourth-order valence-corrected chi connectivity index (χ4v) is 2.47. The van der Waals surface area contributed by atoms with Gasteiger partial charge < -0.3 is 0 Å². The summed E-state index contributed by atoms with van der Waals surface area (Å²) in [6.07, 6.45) is 0. The summed E-state index contributed by atoms with van der Waals surface area (Å²) in [5.41, 5.74) is 2.53. The average molecular weight is 282 g/mol. The number of aryl methyl sites for hydroxylation is 2. The normalized spacial score (nSPS) is 10.3. The zero-order valence-corrected chi connectivity index (χ0v) is 12.9. The van der Waals surface area contributed by atoms with Gasteiger partial charge in [-0.3, -0.25) is 0 Å². The van der Waals surface area contributed by atoms with E-state index in [2.05, 4.69) is 74.5 Å². The maximum atomic E-state index is 3.22. The molecule has 0 atom stereocenters. The second-order valence-electron chi connectivity index (χ2n) is 5.53. The van der Waals surface area contributed by atoms with Gasteiger partial charge in [-0.2, -0.15) is 0 Å². The van der Waals surface area contributed by atoms with Crippen molar-refractivity contribution in [1.82, 2.24) is 0 Å². The van der Waals surface area contributed by atoms with Gasteiger partial charge in [-0.15, -0.1) is 0 Å². The molecule has 0 heterocycles. The van der Waals surface area contributed by atoms with E-state index in [1.807, 2.05) is 24.3 Å². The zero-order chi connectivity index (χ0) is 15.4. The fourth-order valence-electron chi connectivity index (χ4n) is 2.47. The van der Waals surface area contributed by atoms with E-state index in [-0.39, 0.29) is 0 Å². The lowest BCUT2D eigenvalue weighted by Gasteiger charge is -1.96. The van der Waals surface area contributed by atoms with Crippen molar-refractivity contribution < 1.29 is 0 Å². The van der Waals surface area contributed by atoms with Crippen molar-refractivity contribution in [3.8, 4) is 0 Å². The summed E-state index contributed by atoms with van der Waals surface area (Å²) in [4.78, 5) is 0. The van der Waals surface area contributed by atoms with Crippen LogP contribution in [0.5, 0.6) is 0 Å². The third-order valence-corrected chi connectivity index (χ3v) is 3.60. The highest BCUT2D eigenvalue weighted by Gasteiger charge is 1.91. The third kappa shape index (κ3) is 3.35. The maximum absolute atomic E-state index is 3.22. The minimum absolute atomic E-state index is 1.19. The van der Waals surface area contributed by atoms with Gasteiger partial charge in [-0.05, 0) is 58.7 Å². The van der Waals surface area contributed by atoms with E-state index in [4.69, 9.17) is 0 Å². The van der Waals surface area contributed by atoms with E-state index in [0.717, 1.165) is 0 Å². The standard InChI is InChI=1S/2C11H9/c2*1-9-6-7-10-4-2-3-5-11(10)8-9/h2*2-6,8H,1H3. The van der Waals surface area contributed by atoms with Gasteiger partial charge in [0.2, 0.25) is 0 Å². The Kier molecular flexibility index (Phi) is 4.20. The van der Waals surface area contributed by atoms with Crippen molar-refractivity contribution in [2.24, 2.45) is 0 Å². The third-order valence-electron chi connectivity index (χ3n) is 3.60. The Bertz CT molecular complexity index is 826. The number of hydrogen-bond donors (Lipinski definition) is 0. The van der Waals surface area contributed by atoms with Crippen molar-refractivity contribution in [3.63, 3.8) is 0 Å². The lowest BCUT2D eigenvalue weighted by molar-refractivity contribution is 1.50. The molecular weight excluding hydrogens is 264 g/mol. The molecule has 0 fully saturated rings. The highest BCUT2D eigenvalue weighted by Crippen LogP contribution is 2.14. The van der Waals surface area contributed by atoms with E-state index >= 15 is 0 Å².